The molecule has 3 rings (SSSR count). The quantitative estimate of drug-likeness (QED) is 0.305. The van der Waals surface area contributed by atoms with Crippen molar-refractivity contribution in [1.29, 1.82) is 0 Å². The van der Waals surface area contributed by atoms with E-state index in [0.717, 1.165) is 26.5 Å². The second kappa shape index (κ2) is 9.52. The average Bonchev–Trinajstić information content (AvgIpc) is 2.90. The summed E-state index contributed by atoms with van der Waals surface area (Å²) in [7, 11) is 0. The molecule has 1 amide bonds. The highest BCUT2D eigenvalue weighted by molar-refractivity contribution is 9.11. The molecule has 0 bridgehead atoms. The molecule has 2 aromatic carbocycles. The van der Waals surface area contributed by atoms with Crippen LogP contribution in [-0.4, -0.2) is 21.7 Å². The first-order valence-electron chi connectivity index (χ1n) is 8.50. The number of carbonyl (C=O) groups excluding carboxylic acids is 1. The van der Waals surface area contributed by atoms with Gasteiger partial charge < -0.3 is 4.74 Å². The minimum atomic E-state index is -0.278. The first kappa shape index (κ1) is 21.5. The molecule has 0 unspecified atom stereocenters. The van der Waals surface area contributed by atoms with E-state index in [-0.39, 0.29) is 11.7 Å². The van der Waals surface area contributed by atoms with Gasteiger partial charge in [0, 0.05) is 6.54 Å². The first-order valence-corrected chi connectivity index (χ1v) is 11.3. The lowest BCUT2D eigenvalue weighted by Gasteiger charge is -2.12. The molecule has 1 saturated heterocycles. The van der Waals surface area contributed by atoms with Crippen molar-refractivity contribution in [3.05, 3.63) is 67.2 Å². The predicted molar refractivity (Wildman–Crippen MR) is 123 cm³/mol. The number of hydrogen-bond acceptors (Lipinski definition) is 4. The summed E-state index contributed by atoms with van der Waals surface area (Å²) in [6, 6.07) is 9.95. The number of hydrogen-bond donors (Lipinski definition) is 0. The van der Waals surface area contributed by atoms with Crippen LogP contribution in [-0.2, 0) is 11.4 Å². The maximum absolute atomic E-state index is 13.0. The van der Waals surface area contributed by atoms with E-state index in [1.165, 1.54) is 23.9 Å². The molecule has 0 N–H and O–H groups in total. The van der Waals surface area contributed by atoms with E-state index in [2.05, 4.69) is 31.9 Å². The summed E-state index contributed by atoms with van der Waals surface area (Å²) in [5.74, 6) is 0.306. The molecule has 1 aliphatic rings. The van der Waals surface area contributed by atoms with E-state index in [1.807, 2.05) is 25.1 Å². The van der Waals surface area contributed by atoms with Gasteiger partial charge in [0.15, 0.2) is 0 Å². The van der Waals surface area contributed by atoms with Crippen LogP contribution >= 0.6 is 55.8 Å². The molecule has 1 aliphatic heterocycles. The molecule has 146 valence electrons. The Morgan fingerprint density at radius 1 is 1.21 bits per heavy atom. The largest absolute Gasteiger partial charge is 0.487 e. The molecule has 0 aromatic heterocycles. The lowest BCUT2D eigenvalue weighted by Crippen LogP contribution is -2.28. The minimum absolute atomic E-state index is 0.0549. The van der Waals surface area contributed by atoms with Gasteiger partial charge >= 0.3 is 0 Å². The Labute approximate surface area is 189 Å². The Morgan fingerprint density at radius 3 is 2.46 bits per heavy atom. The molecular weight excluding hydrogens is 529 g/mol. The van der Waals surface area contributed by atoms with Crippen molar-refractivity contribution in [3.8, 4) is 5.75 Å². The van der Waals surface area contributed by atoms with Gasteiger partial charge in [-0.25, -0.2) is 4.39 Å². The zero-order valence-electron chi connectivity index (χ0n) is 14.9. The van der Waals surface area contributed by atoms with Crippen molar-refractivity contribution in [2.75, 3.05) is 6.54 Å². The second-order valence-electron chi connectivity index (χ2n) is 6.06. The Morgan fingerprint density at radius 2 is 1.86 bits per heavy atom. The van der Waals surface area contributed by atoms with Gasteiger partial charge in [-0.3, -0.25) is 9.69 Å². The molecule has 0 spiro atoms. The van der Waals surface area contributed by atoms with Crippen LogP contribution in [0.5, 0.6) is 5.75 Å². The van der Waals surface area contributed by atoms with Crippen molar-refractivity contribution in [1.82, 2.24) is 4.90 Å². The second-order valence-corrected chi connectivity index (χ2v) is 9.45. The SMILES string of the molecule is CCCN1C(=O)/C(=C\c2cc(Br)c(OCc3ccc(F)cc3)c(Br)c2)SC1=S. The van der Waals surface area contributed by atoms with E-state index in [4.69, 9.17) is 17.0 Å². The molecule has 8 heteroatoms. The van der Waals surface area contributed by atoms with Gasteiger partial charge in [0.1, 0.15) is 22.5 Å². The first-order chi connectivity index (χ1) is 13.4. The number of benzene rings is 2. The number of rotatable bonds is 6. The normalized spacial score (nSPS) is 15.6. The Hall–Kier alpha value is -1.22. The monoisotopic (exact) mass is 543 g/mol. The van der Waals surface area contributed by atoms with Crippen molar-refractivity contribution >= 4 is 72.1 Å². The third-order valence-corrected chi connectivity index (χ3v) is 6.49. The minimum Gasteiger partial charge on any atom is -0.487 e. The van der Waals surface area contributed by atoms with E-state index in [1.54, 1.807) is 17.0 Å². The molecule has 0 aliphatic carbocycles. The fraction of sp³-hybridized carbons (Fsp3) is 0.200. The van der Waals surface area contributed by atoms with Gasteiger partial charge in [-0.1, -0.05) is 43.0 Å². The summed E-state index contributed by atoms with van der Waals surface area (Å²) in [4.78, 5) is 14.7. The van der Waals surface area contributed by atoms with Gasteiger partial charge in [-0.05, 0) is 79.7 Å². The molecule has 1 heterocycles. The molecule has 0 saturated carbocycles. The fourth-order valence-electron chi connectivity index (χ4n) is 2.60. The standard InChI is InChI=1S/C20H16Br2FNO2S2/c1-2-7-24-19(25)17(28-20(24)27)10-13-8-15(21)18(16(22)9-13)26-11-12-3-5-14(23)6-4-12/h3-6,8-10H,2,7,11H2,1H3/b17-10+. The lowest BCUT2D eigenvalue weighted by molar-refractivity contribution is -0.122. The highest BCUT2D eigenvalue weighted by Gasteiger charge is 2.31. The third kappa shape index (κ3) is 5.03. The van der Waals surface area contributed by atoms with Crippen molar-refractivity contribution in [2.24, 2.45) is 0 Å². The maximum Gasteiger partial charge on any atom is 0.266 e. The van der Waals surface area contributed by atoms with Crippen molar-refractivity contribution < 1.29 is 13.9 Å². The number of amides is 1. The zero-order chi connectivity index (χ0) is 20.3. The van der Waals surface area contributed by atoms with E-state index >= 15 is 0 Å². The van der Waals surface area contributed by atoms with Crippen LogP contribution in [0.2, 0.25) is 0 Å². The van der Waals surface area contributed by atoms with Gasteiger partial charge in [0.05, 0.1) is 13.9 Å². The third-order valence-electron chi connectivity index (χ3n) is 3.94. The fourth-order valence-corrected chi connectivity index (χ4v) is 5.36. The summed E-state index contributed by atoms with van der Waals surface area (Å²) in [5.41, 5.74) is 1.72. The summed E-state index contributed by atoms with van der Waals surface area (Å²) < 4.78 is 21.0. The Kier molecular flexibility index (Phi) is 7.31. The van der Waals surface area contributed by atoms with Crippen LogP contribution in [0.4, 0.5) is 4.39 Å². The summed E-state index contributed by atoms with van der Waals surface area (Å²) in [6.45, 7) is 2.96. The highest BCUT2D eigenvalue weighted by Crippen LogP contribution is 2.38. The van der Waals surface area contributed by atoms with E-state index in [9.17, 15) is 9.18 Å². The van der Waals surface area contributed by atoms with Crippen LogP contribution in [0, 0.1) is 5.82 Å². The smallest absolute Gasteiger partial charge is 0.266 e. The highest BCUT2D eigenvalue weighted by atomic mass is 79.9. The van der Waals surface area contributed by atoms with Crippen molar-refractivity contribution in [3.63, 3.8) is 0 Å². The van der Waals surface area contributed by atoms with Crippen molar-refractivity contribution in [2.45, 2.75) is 20.0 Å². The van der Waals surface area contributed by atoms with Gasteiger partial charge in [-0.15, -0.1) is 0 Å². The number of thiocarbonyl (C=S) groups is 1. The number of thioether (sulfide) groups is 1. The topological polar surface area (TPSA) is 29.5 Å². The zero-order valence-corrected chi connectivity index (χ0v) is 19.7. The molecule has 3 nitrogen and oxygen atoms in total. The summed E-state index contributed by atoms with van der Waals surface area (Å²) >= 11 is 13.7. The van der Waals surface area contributed by atoms with Crippen LogP contribution in [0.1, 0.15) is 24.5 Å². The van der Waals surface area contributed by atoms with Crippen LogP contribution in [0.25, 0.3) is 6.08 Å². The van der Waals surface area contributed by atoms with E-state index < -0.39 is 0 Å². The van der Waals surface area contributed by atoms with Gasteiger partial charge in [0.2, 0.25) is 0 Å². The number of ether oxygens (including phenoxy) is 1. The maximum atomic E-state index is 13.0. The molecule has 2 aromatic rings. The summed E-state index contributed by atoms with van der Waals surface area (Å²) in [5, 5.41) is 0. The molecule has 0 radical (unpaired) electrons. The predicted octanol–water partition coefficient (Wildman–Crippen LogP) is 6.54. The Balaban J connectivity index is 1.77. The molecule has 28 heavy (non-hydrogen) atoms. The molecular formula is C20H16Br2FNO2S2. The summed E-state index contributed by atoms with van der Waals surface area (Å²) in [6.07, 6.45) is 2.69. The van der Waals surface area contributed by atoms with Crippen LogP contribution in [0.3, 0.4) is 0 Å². The Bertz CT molecular complexity index is 925. The van der Waals surface area contributed by atoms with Crippen LogP contribution < -0.4 is 4.74 Å². The van der Waals surface area contributed by atoms with Gasteiger partial charge in [-0.2, -0.15) is 0 Å². The molecule has 1 fully saturated rings. The van der Waals surface area contributed by atoms with Crippen LogP contribution in [0.15, 0.2) is 50.2 Å². The number of nitrogens with zero attached hydrogens (tertiary/aromatic N) is 1. The number of halogens is 3. The molecule has 0 atom stereocenters. The average molecular weight is 545 g/mol. The lowest BCUT2D eigenvalue weighted by atomic mass is 10.2. The van der Waals surface area contributed by atoms with Gasteiger partial charge in [0.25, 0.3) is 5.91 Å². The van der Waals surface area contributed by atoms with E-state index in [0.29, 0.717) is 28.1 Å². The number of carbonyl (C=O) groups is 1.